The van der Waals surface area contributed by atoms with Crippen LogP contribution in [0.25, 0.3) is 0 Å². The molecule has 1 aliphatic heterocycles. The number of ketones is 1. The molecule has 0 bridgehead atoms. The van der Waals surface area contributed by atoms with Gasteiger partial charge in [-0.2, -0.15) is 0 Å². The fourth-order valence-corrected chi connectivity index (χ4v) is 3.83. The second-order valence-corrected chi connectivity index (χ2v) is 7.28. The van der Waals surface area contributed by atoms with Gasteiger partial charge >= 0.3 is 0 Å². The van der Waals surface area contributed by atoms with Gasteiger partial charge in [-0.05, 0) is 28.9 Å². The number of thiophene rings is 1. The van der Waals surface area contributed by atoms with Crippen LogP contribution >= 0.6 is 38.9 Å². The predicted octanol–water partition coefficient (Wildman–Crippen LogP) is 4.65. The molecule has 1 radical (unpaired) electrons. The van der Waals surface area contributed by atoms with E-state index >= 15 is 0 Å². The van der Waals surface area contributed by atoms with E-state index in [4.69, 9.17) is 16.3 Å². The second kappa shape index (κ2) is 5.55. The molecule has 0 unspecified atom stereocenters. The number of hydrogen-bond donors (Lipinski definition) is 0. The summed E-state index contributed by atoms with van der Waals surface area (Å²) in [6.07, 6.45) is 3.51. The molecular weight excluding hydrogens is 374 g/mol. The smallest absolute Gasteiger partial charge is 0.194 e. The largest absolute Gasteiger partial charge is 0.495 e. The summed E-state index contributed by atoms with van der Waals surface area (Å²) in [6, 6.07) is 1.80. The van der Waals surface area contributed by atoms with Crippen molar-refractivity contribution in [1.82, 2.24) is 0 Å². The number of carbonyl (C=O) groups excluding carboxylic acids is 1. The van der Waals surface area contributed by atoms with Crippen LogP contribution in [0.5, 0.6) is 0 Å². The number of nitrogens with zero attached hydrogens (tertiary/aromatic N) is 1. The third kappa shape index (κ3) is 2.54. The first-order chi connectivity index (χ1) is 10.0. The molecule has 3 nitrogen and oxygen atoms in total. The molecule has 6 heteroatoms. The van der Waals surface area contributed by atoms with E-state index < -0.39 is 0 Å². The summed E-state index contributed by atoms with van der Waals surface area (Å²) in [5.74, 6) is 0.332. The Morgan fingerprint density at radius 3 is 2.95 bits per heavy atom. The molecule has 0 spiro atoms. The van der Waals surface area contributed by atoms with Gasteiger partial charge in [0, 0.05) is 40.3 Å². The number of carbonyl (C=O) groups is 1. The maximum absolute atomic E-state index is 12.7. The van der Waals surface area contributed by atoms with Crippen molar-refractivity contribution in [2.75, 3.05) is 7.11 Å². The van der Waals surface area contributed by atoms with Crippen LogP contribution in [-0.2, 0) is 4.74 Å². The van der Waals surface area contributed by atoms with Gasteiger partial charge in [-0.15, -0.1) is 11.3 Å². The molecule has 2 aliphatic rings. The van der Waals surface area contributed by atoms with Crippen LogP contribution in [0.15, 0.2) is 47.9 Å². The molecule has 0 atom stereocenters. The zero-order chi connectivity index (χ0) is 15.1. The molecule has 0 fully saturated rings. The molecule has 1 aliphatic carbocycles. The lowest BCUT2D eigenvalue weighted by Crippen LogP contribution is -2.18. The first-order valence-corrected chi connectivity index (χ1v) is 8.21. The Morgan fingerprint density at radius 2 is 2.33 bits per heavy atom. The molecule has 0 saturated heterocycles. The number of halogens is 2. The van der Waals surface area contributed by atoms with E-state index in [1.54, 1.807) is 6.07 Å². The number of rotatable bonds is 3. The number of ether oxygens (including phenoxy) is 1. The van der Waals surface area contributed by atoms with E-state index in [2.05, 4.69) is 27.0 Å². The topological polar surface area (TPSA) is 38.7 Å². The highest BCUT2D eigenvalue weighted by Crippen LogP contribution is 2.37. The molecule has 0 N–H and O–H groups in total. The standard InChI is InChI=1S/C15H10BrClNO2S/c1-7-3-9-11(18-7)5-10(15(20-2)13(9)17)14(19)8-4-12(16)21-6-8/h4,6H,5H2,1-2H3. The quantitative estimate of drug-likeness (QED) is 0.713. The third-order valence-corrected chi connectivity index (χ3v) is 5.11. The molecule has 1 aromatic heterocycles. The summed E-state index contributed by atoms with van der Waals surface area (Å²) >= 11 is 11.2. The van der Waals surface area contributed by atoms with Crippen LogP contribution < -0.4 is 0 Å². The molecule has 21 heavy (non-hydrogen) atoms. The lowest BCUT2D eigenvalue weighted by atomic mass is 9.91. The molecular formula is C15H10BrClNO2S. The van der Waals surface area contributed by atoms with Crippen LogP contribution in [0.1, 0.15) is 23.7 Å². The fraction of sp³-hybridized carbons (Fsp3) is 0.200. The van der Waals surface area contributed by atoms with Gasteiger partial charge in [0.1, 0.15) is 5.76 Å². The van der Waals surface area contributed by atoms with E-state index in [-0.39, 0.29) is 5.78 Å². The second-order valence-electron chi connectivity index (χ2n) is 4.62. The molecule has 3 rings (SSSR count). The fourth-order valence-electron chi connectivity index (χ4n) is 2.34. The Morgan fingerprint density at radius 1 is 1.57 bits per heavy atom. The van der Waals surface area contributed by atoms with Crippen LogP contribution in [0.4, 0.5) is 0 Å². The number of hydrogen-bond acceptors (Lipinski definition) is 4. The minimum absolute atomic E-state index is 0.0850. The summed E-state index contributed by atoms with van der Waals surface area (Å²) < 4.78 is 6.28. The van der Waals surface area contributed by atoms with Gasteiger partial charge in [0.15, 0.2) is 5.78 Å². The Hall–Kier alpha value is -1.17. The predicted molar refractivity (Wildman–Crippen MR) is 87.7 cm³/mol. The maximum Gasteiger partial charge on any atom is 0.194 e. The van der Waals surface area contributed by atoms with Gasteiger partial charge in [0.05, 0.1) is 21.6 Å². The minimum Gasteiger partial charge on any atom is -0.495 e. The first kappa shape index (κ1) is 14.8. The van der Waals surface area contributed by atoms with Crippen LogP contribution in [0.2, 0.25) is 0 Å². The van der Waals surface area contributed by atoms with Crippen molar-refractivity contribution in [2.24, 2.45) is 4.99 Å². The van der Waals surface area contributed by atoms with Crippen molar-refractivity contribution in [2.45, 2.75) is 13.3 Å². The van der Waals surface area contributed by atoms with Crippen molar-refractivity contribution in [3.63, 3.8) is 0 Å². The van der Waals surface area contributed by atoms with Crippen molar-refractivity contribution in [3.05, 3.63) is 54.5 Å². The zero-order valence-corrected chi connectivity index (χ0v) is 14.4. The van der Waals surface area contributed by atoms with Crippen molar-refractivity contribution < 1.29 is 9.53 Å². The number of Topliss-reactive ketones (excluding diaryl/α,β-unsaturated/α-hetero) is 1. The van der Waals surface area contributed by atoms with Crippen LogP contribution in [0, 0.1) is 6.08 Å². The summed E-state index contributed by atoms with van der Waals surface area (Å²) in [7, 11) is 1.52. The van der Waals surface area contributed by atoms with E-state index in [1.807, 2.05) is 12.3 Å². The summed E-state index contributed by atoms with van der Waals surface area (Å²) in [5, 5.41) is 2.21. The summed E-state index contributed by atoms with van der Waals surface area (Å²) in [6.45, 7) is 1.85. The van der Waals surface area contributed by atoms with E-state index in [0.717, 1.165) is 20.8 Å². The van der Waals surface area contributed by atoms with E-state index in [0.29, 0.717) is 28.3 Å². The van der Waals surface area contributed by atoms with Crippen molar-refractivity contribution >= 4 is 50.4 Å². The monoisotopic (exact) mass is 382 g/mol. The number of fused-ring (bicyclic) bond motifs is 1. The third-order valence-electron chi connectivity index (χ3n) is 3.24. The van der Waals surface area contributed by atoms with Gasteiger partial charge in [-0.1, -0.05) is 11.6 Å². The highest BCUT2D eigenvalue weighted by Gasteiger charge is 2.32. The SMILES string of the molecule is COC1=C(C(=O)c2csc(Br)c2)CC2=NC(C)=[C]C2=C1Cl. The molecule has 1 aromatic rings. The van der Waals surface area contributed by atoms with E-state index in [1.165, 1.54) is 18.4 Å². The molecule has 0 aromatic carbocycles. The Labute approximate surface area is 139 Å². The van der Waals surface area contributed by atoms with Gasteiger partial charge in [-0.3, -0.25) is 9.79 Å². The van der Waals surface area contributed by atoms with Crippen LogP contribution in [-0.4, -0.2) is 18.6 Å². The Bertz CT molecular complexity index is 770. The number of methoxy groups -OCH3 is 1. The average Bonchev–Trinajstić information content (AvgIpc) is 3.03. The van der Waals surface area contributed by atoms with Gasteiger partial charge in [0.2, 0.25) is 0 Å². The van der Waals surface area contributed by atoms with Gasteiger partial charge < -0.3 is 4.74 Å². The molecule has 2 heterocycles. The van der Waals surface area contributed by atoms with Crippen LogP contribution in [0.3, 0.4) is 0 Å². The lowest BCUT2D eigenvalue weighted by Gasteiger charge is -2.19. The normalized spacial score (nSPS) is 17.7. The maximum atomic E-state index is 12.7. The number of aliphatic imine (C=N–C) groups is 1. The van der Waals surface area contributed by atoms with Gasteiger partial charge in [0.25, 0.3) is 0 Å². The molecule has 0 amide bonds. The highest BCUT2D eigenvalue weighted by atomic mass is 79.9. The molecule has 0 saturated carbocycles. The number of allylic oxidation sites excluding steroid dienone is 5. The van der Waals surface area contributed by atoms with Crippen molar-refractivity contribution in [3.8, 4) is 0 Å². The Kier molecular flexibility index (Phi) is 3.90. The summed E-state index contributed by atoms with van der Waals surface area (Å²) in [4.78, 5) is 17.1. The Balaban J connectivity index is 2.08. The summed E-state index contributed by atoms with van der Waals surface area (Å²) in [5.41, 5.74) is 3.42. The highest BCUT2D eigenvalue weighted by molar-refractivity contribution is 9.11. The lowest BCUT2D eigenvalue weighted by molar-refractivity contribution is 0.102. The first-order valence-electron chi connectivity index (χ1n) is 6.15. The molecule has 107 valence electrons. The minimum atomic E-state index is -0.0850. The van der Waals surface area contributed by atoms with E-state index in [9.17, 15) is 4.79 Å². The average molecular weight is 384 g/mol. The van der Waals surface area contributed by atoms with Gasteiger partial charge in [-0.25, -0.2) is 0 Å². The zero-order valence-electron chi connectivity index (χ0n) is 11.3. The van der Waals surface area contributed by atoms with Crippen molar-refractivity contribution in [1.29, 1.82) is 0 Å².